The predicted octanol–water partition coefficient (Wildman–Crippen LogP) is 2.85. The van der Waals surface area contributed by atoms with Gasteiger partial charge in [-0.3, -0.25) is 11.3 Å². The third-order valence-corrected chi connectivity index (χ3v) is 2.93. The molecule has 0 saturated carbocycles. The minimum Gasteiger partial charge on any atom is -0.271 e. The van der Waals surface area contributed by atoms with Crippen LogP contribution in [0.3, 0.4) is 0 Å². The van der Waals surface area contributed by atoms with Gasteiger partial charge in [-0.05, 0) is 30.2 Å². The second-order valence-electron chi connectivity index (χ2n) is 4.15. The van der Waals surface area contributed by atoms with Crippen LogP contribution in [0.1, 0.15) is 17.2 Å². The van der Waals surface area contributed by atoms with Crippen LogP contribution >= 0.6 is 0 Å². The molecule has 0 aliphatic heterocycles. The van der Waals surface area contributed by atoms with Crippen LogP contribution in [0.15, 0.2) is 42.5 Å². The van der Waals surface area contributed by atoms with Gasteiger partial charge in [0.05, 0.1) is 6.04 Å². The minimum atomic E-state index is -0.835. The van der Waals surface area contributed by atoms with Gasteiger partial charge in [0.25, 0.3) is 0 Å². The first-order valence-corrected chi connectivity index (χ1v) is 5.77. The quantitative estimate of drug-likeness (QED) is 0.659. The van der Waals surface area contributed by atoms with Gasteiger partial charge >= 0.3 is 0 Å². The average molecular weight is 266 g/mol. The lowest BCUT2D eigenvalue weighted by Crippen LogP contribution is -2.31. The van der Waals surface area contributed by atoms with Crippen LogP contribution in [0.2, 0.25) is 0 Å². The van der Waals surface area contributed by atoms with Gasteiger partial charge in [0.15, 0.2) is 0 Å². The molecule has 0 spiro atoms. The number of nitrogens with one attached hydrogen (secondary N) is 1. The highest BCUT2D eigenvalue weighted by Crippen LogP contribution is 2.24. The molecule has 0 aliphatic carbocycles. The molecule has 100 valence electrons. The third-order valence-electron chi connectivity index (χ3n) is 2.93. The van der Waals surface area contributed by atoms with Crippen LogP contribution in [0.25, 0.3) is 0 Å². The smallest absolute Gasteiger partial charge is 0.130 e. The summed E-state index contributed by atoms with van der Waals surface area (Å²) in [4.78, 5) is 0. The monoisotopic (exact) mass is 266 g/mol. The van der Waals surface area contributed by atoms with Crippen molar-refractivity contribution in [1.82, 2.24) is 5.43 Å². The molecule has 19 heavy (non-hydrogen) atoms. The molecule has 0 saturated heterocycles. The Morgan fingerprint density at radius 2 is 1.47 bits per heavy atom. The molecular formula is C14H13F3N2. The summed E-state index contributed by atoms with van der Waals surface area (Å²) in [7, 11) is 0. The van der Waals surface area contributed by atoms with Gasteiger partial charge in [0.2, 0.25) is 0 Å². The molecular weight excluding hydrogens is 253 g/mol. The maximum Gasteiger partial charge on any atom is 0.130 e. The van der Waals surface area contributed by atoms with Gasteiger partial charge in [-0.15, -0.1) is 0 Å². The van der Waals surface area contributed by atoms with E-state index in [2.05, 4.69) is 5.43 Å². The Labute approximate surface area is 109 Å². The van der Waals surface area contributed by atoms with Gasteiger partial charge in [0.1, 0.15) is 17.5 Å². The molecule has 0 aliphatic rings. The second-order valence-corrected chi connectivity index (χ2v) is 4.15. The number of hydrogen-bond donors (Lipinski definition) is 2. The van der Waals surface area contributed by atoms with Crippen LogP contribution in [0, 0.1) is 17.5 Å². The molecule has 3 N–H and O–H groups in total. The maximum atomic E-state index is 13.7. The highest BCUT2D eigenvalue weighted by atomic mass is 19.1. The van der Waals surface area contributed by atoms with Crippen molar-refractivity contribution in [3.8, 4) is 0 Å². The molecule has 0 radical (unpaired) electrons. The lowest BCUT2D eigenvalue weighted by molar-refractivity contribution is 0.466. The molecule has 2 aromatic rings. The Bertz CT molecular complexity index is 552. The van der Waals surface area contributed by atoms with E-state index in [9.17, 15) is 13.2 Å². The van der Waals surface area contributed by atoms with Crippen molar-refractivity contribution in [2.45, 2.75) is 12.5 Å². The zero-order valence-electron chi connectivity index (χ0n) is 10.0. The second kappa shape index (κ2) is 5.86. The molecule has 1 atom stereocenters. The third kappa shape index (κ3) is 2.94. The molecule has 0 heterocycles. The van der Waals surface area contributed by atoms with Crippen LogP contribution in [-0.2, 0) is 6.42 Å². The number of halogens is 3. The summed E-state index contributed by atoms with van der Waals surface area (Å²) < 4.78 is 40.9. The van der Waals surface area contributed by atoms with Crippen molar-refractivity contribution >= 4 is 0 Å². The van der Waals surface area contributed by atoms with E-state index in [1.54, 1.807) is 18.2 Å². The lowest BCUT2D eigenvalue weighted by Gasteiger charge is -2.18. The van der Waals surface area contributed by atoms with Crippen LogP contribution in [-0.4, -0.2) is 0 Å². The fourth-order valence-electron chi connectivity index (χ4n) is 1.97. The summed E-state index contributed by atoms with van der Waals surface area (Å²) in [6.07, 6.45) is 0.0566. The first-order chi connectivity index (χ1) is 9.13. The number of hydrazine groups is 1. The summed E-state index contributed by atoms with van der Waals surface area (Å²) in [5, 5.41) is 0. The molecule has 0 bridgehead atoms. The van der Waals surface area contributed by atoms with E-state index in [-0.39, 0.29) is 12.0 Å². The predicted molar refractivity (Wildman–Crippen MR) is 66.5 cm³/mol. The number of rotatable bonds is 4. The van der Waals surface area contributed by atoms with E-state index >= 15 is 0 Å². The summed E-state index contributed by atoms with van der Waals surface area (Å²) in [5.74, 6) is 3.49. The molecule has 0 amide bonds. The summed E-state index contributed by atoms with van der Waals surface area (Å²) in [6.45, 7) is 0. The fraction of sp³-hybridized carbons (Fsp3) is 0.143. The summed E-state index contributed by atoms with van der Waals surface area (Å²) in [5.41, 5.74) is 2.48. The van der Waals surface area contributed by atoms with Gasteiger partial charge in [-0.1, -0.05) is 24.3 Å². The van der Waals surface area contributed by atoms with Gasteiger partial charge < -0.3 is 0 Å². The van der Waals surface area contributed by atoms with Crippen LogP contribution in [0.5, 0.6) is 0 Å². The zero-order valence-corrected chi connectivity index (χ0v) is 10.0. The molecule has 1 unspecified atom stereocenters. The van der Waals surface area contributed by atoms with E-state index in [1.807, 2.05) is 0 Å². The molecule has 2 aromatic carbocycles. The number of hydrogen-bond acceptors (Lipinski definition) is 2. The van der Waals surface area contributed by atoms with Crippen molar-refractivity contribution in [3.05, 3.63) is 71.0 Å². The molecule has 0 aromatic heterocycles. The number of benzene rings is 2. The Balaban J connectivity index is 2.34. The minimum absolute atomic E-state index is 0.0566. The first-order valence-electron chi connectivity index (χ1n) is 5.77. The van der Waals surface area contributed by atoms with Crippen molar-refractivity contribution in [1.29, 1.82) is 0 Å². The van der Waals surface area contributed by atoms with E-state index < -0.39 is 23.5 Å². The van der Waals surface area contributed by atoms with E-state index in [4.69, 9.17) is 5.84 Å². The van der Waals surface area contributed by atoms with Crippen LogP contribution < -0.4 is 11.3 Å². The number of nitrogens with two attached hydrogens (primary N) is 1. The largest absolute Gasteiger partial charge is 0.271 e. The Morgan fingerprint density at radius 1 is 0.895 bits per heavy atom. The lowest BCUT2D eigenvalue weighted by atomic mass is 9.98. The highest BCUT2D eigenvalue weighted by Gasteiger charge is 2.20. The zero-order chi connectivity index (χ0) is 13.8. The van der Waals surface area contributed by atoms with E-state index in [1.165, 1.54) is 12.1 Å². The SMILES string of the molecule is NNC(Cc1ccccc1F)c1c(F)cccc1F. The Kier molecular flexibility index (Phi) is 4.19. The topological polar surface area (TPSA) is 38.0 Å². The molecule has 5 heteroatoms. The van der Waals surface area contributed by atoms with Crippen molar-refractivity contribution < 1.29 is 13.2 Å². The Morgan fingerprint density at radius 3 is 2.05 bits per heavy atom. The van der Waals surface area contributed by atoms with Crippen molar-refractivity contribution in [2.24, 2.45) is 5.84 Å². The van der Waals surface area contributed by atoms with E-state index in [0.29, 0.717) is 5.56 Å². The molecule has 2 nitrogen and oxygen atoms in total. The van der Waals surface area contributed by atoms with Crippen molar-refractivity contribution in [3.63, 3.8) is 0 Å². The summed E-state index contributed by atoms with van der Waals surface area (Å²) in [6, 6.07) is 8.77. The van der Waals surface area contributed by atoms with Gasteiger partial charge in [0, 0.05) is 5.56 Å². The average Bonchev–Trinajstić information content (AvgIpc) is 2.39. The maximum absolute atomic E-state index is 13.7. The summed E-state index contributed by atoms with van der Waals surface area (Å²) >= 11 is 0. The normalized spacial score (nSPS) is 12.4. The molecule has 0 fully saturated rings. The van der Waals surface area contributed by atoms with E-state index in [0.717, 1.165) is 12.1 Å². The van der Waals surface area contributed by atoms with Crippen molar-refractivity contribution in [2.75, 3.05) is 0 Å². The molecule has 2 rings (SSSR count). The van der Waals surface area contributed by atoms with Gasteiger partial charge in [-0.25, -0.2) is 13.2 Å². The fourth-order valence-corrected chi connectivity index (χ4v) is 1.97. The first kappa shape index (κ1) is 13.6. The van der Waals surface area contributed by atoms with Gasteiger partial charge in [-0.2, -0.15) is 0 Å². The standard InChI is InChI=1S/C14H13F3N2/c15-10-5-2-1-4-9(10)8-13(19-18)14-11(16)6-3-7-12(14)17/h1-7,13,19H,8,18H2. The highest BCUT2D eigenvalue weighted by molar-refractivity contribution is 5.27. The van der Waals surface area contributed by atoms with Crippen LogP contribution in [0.4, 0.5) is 13.2 Å². The Hall–Kier alpha value is -1.85.